The third-order valence-corrected chi connectivity index (χ3v) is 7.31. The number of aromatic nitrogens is 5. The Morgan fingerprint density at radius 3 is 2.70 bits per heavy atom. The molecule has 1 aliphatic rings. The van der Waals surface area contributed by atoms with Gasteiger partial charge in [0.05, 0.1) is 23.3 Å². The molecule has 3 aromatic heterocycles. The molecule has 0 saturated heterocycles. The maximum absolute atomic E-state index is 14.4. The molecule has 1 unspecified atom stereocenters. The van der Waals surface area contributed by atoms with Crippen molar-refractivity contribution in [3.8, 4) is 11.1 Å². The fourth-order valence-corrected chi connectivity index (χ4v) is 5.48. The van der Waals surface area contributed by atoms with Crippen LogP contribution in [0.5, 0.6) is 0 Å². The topological polar surface area (TPSA) is 77.6 Å². The number of nitrogens with one attached hydrogen (secondary N) is 1. The molecule has 0 radical (unpaired) electrons. The smallest absolute Gasteiger partial charge is 0.273 e. The molecule has 0 aliphatic heterocycles. The van der Waals surface area contributed by atoms with Gasteiger partial charge in [-0.25, -0.2) is 18.7 Å². The van der Waals surface area contributed by atoms with Crippen molar-refractivity contribution in [3.63, 3.8) is 0 Å². The van der Waals surface area contributed by atoms with E-state index in [9.17, 15) is 13.6 Å². The first kappa shape index (κ1) is 23.3. The highest BCUT2D eigenvalue weighted by Crippen LogP contribution is 2.44. The van der Waals surface area contributed by atoms with Gasteiger partial charge in [0.15, 0.2) is 0 Å². The summed E-state index contributed by atoms with van der Waals surface area (Å²) in [6.45, 7) is 3.80. The lowest BCUT2D eigenvalue weighted by Crippen LogP contribution is -2.14. The van der Waals surface area contributed by atoms with Crippen molar-refractivity contribution in [1.29, 1.82) is 0 Å². The Morgan fingerprint density at radius 2 is 1.92 bits per heavy atom. The molecule has 5 aromatic rings. The van der Waals surface area contributed by atoms with Crippen LogP contribution in [0.2, 0.25) is 0 Å². The Bertz CT molecular complexity index is 1770. The largest absolute Gasteiger partial charge is 0.363 e. The molecule has 6 rings (SSSR count). The Hall–Kier alpha value is -4.14. The summed E-state index contributed by atoms with van der Waals surface area (Å²) in [5.41, 5.74) is 4.98. The van der Waals surface area contributed by atoms with Gasteiger partial charge in [-0.15, -0.1) is 0 Å². The van der Waals surface area contributed by atoms with Crippen LogP contribution in [0.3, 0.4) is 0 Å². The molecule has 0 bridgehead atoms. The van der Waals surface area contributed by atoms with Gasteiger partial charge >= 0.3 is 0 Å². The van der Waals surface area contributed by atoms with E-state index in [4.69, 9.17) is 9.97 Å². The molecule has 0 saturated carbocycles. The number of hydrogen-bond donors (Lipinski definition) is 1. The minimum Gasteiger partial charge on any atom is -0.363 e. The van der Waals surface area contributed by atoms with E-state index < -0.39 is 5.92 Å². The van der Waals surface area contributed by atoms with Crippen molar-refractivity contribution in [2.45, 2.75) is 38.7 Å². The molecular formula is C28H26F2N6O. The molecule has 1 aliphatic carbocycles. The van der Waals surface area contributed by atoms with E-state index in [-0.39, 0.29) is 23.6 Å². The standard InChI is InChI=1S/C28H26F2N6O/c1-15(18-6-5-7-23-19(18)10-11-28(23,29)30)32-27-21-12-20(17-8-9-24(37)35(3)14-17)26-22(13-31-36(26)4)25(21)33-16(2)34-27/h5-9,12-15H,10-11H2,1-4H3,(H,32,33,34). The molecule has 37 heavy (non-hydrogen) atoms. The van der Waals surface area contributed by atoms with Crippen molar-refractivity contribution < 1.29 is 8.78 Å². The minimum atomic E-state index is -2.79. The van der Waals surface area contributed by atoms with Gasteiger partial charge in [-0.3, -0.25) is 9.48 Å². The highest BCUT2D eigenvalue weighted by atomic mass is 19.3. The Balaban J connectivity index is 1.53. The number of anilines is 1. The van der Waals surface area contributed by atoms with E-state index in [1.807, 2.05) is 33.0 Å². The van der Waals surface area contributed by atoms with Crippen LogP contribution in [-0.2, 0) is 26.4 Å². The predicted octanol–water partition coefficient (Wildman–Crippen LogP) is 5.40. The molecule has 1 N–H and O–H groups in total. The van der Waals surface area contributed by atoms with Crippen LogP contribution in [0.4, 0.5) is 14.6 Å². The molecular weight excluding hydrogens is 474 g/mol. The number of halogens is 2. The first-order valence-electron chi connectivity index (χ1n) is 12.2. The van der Waals surface area contributed by atoms with Crippen molar-refractivity contribution >= 4 is 27.6 Å². The highest BCUT2D eigenvalue weighted by molar-refractivity contribution is 6.13. The first-order chi connectivity index (χ1) is 17.6. The monoisotopic (exact) mass is 500 g/mol. The number of benzene rings is 2. The van der Waals surface area contributed by atoms with Crippen LogP contribution in [-0.4, -0.2) is 24.3 Å². The molecule has 188 valence electrons. The van der Waals surface area contributed by atoms with Gasteiger partial charge in [0.2, 0.25) is 5.56 Å². The number of hydrogen-bond acceptors (Lipinski definition) is 5. The molecule has 0 spiro atoms. The lowest BCUT2D eigenvalue weighted by Gasteiger charge is -2.21. The van der Waals surface area contributed by atoms with Crippen molar-refractivity contribution in [1.82, 2.24) is 24.3 Å². The third-order valence-electron chi connectivity index (χ3n) is 7.31. The average Bonchev–Trinajstić information content (AvgIpc) is 3.40. The number of pyridine rings is 1. The summed E-state index contributed by atoms with van der Waals surface area (Å²) in [5, 5.41) is 9.64. The van der Waals surface area contributed by atoms with Gasteiger partial charge in [0, 0.05) is 60.2 Å². The quantitative estimate of drug-likeness (QED) is 0.358. The van der Waals surface area contributed by atoms with Gasteiger partial charge in [0.1, 0.15) is 11.6 Å². The van der Waals surface area contributed by atoms with Crippen LogP contribution >= 0.6 is 0 Å². The lowest BCUT2D eigenvalue weighted by molar-refractivity contribution is -0.00184. The van der Waals surface area contributed by atoms with E-state index in [1.54, 1.807) is 46.9 Å². The number of aryl methyl sites for hydroxylation is 3. The molecule has 1 atom stereocenters. The normalized spacial score (nSPS) is 15.3. The Kier molecular flexibility index (Phi) is 5.15. The zero-order valence-corrected chi connectivity index (χ0v) is 21.0. The van der Waals surface area contributed by atoms with Crippen molar-refractivity contribution in [3.05, 3.63) is 81.7 Å². The van der Waals surface area contributed by atoms with Gasteiger partial charge < -0.3 is 9.88 Å². The van der Waals surface area contributed by atoms with Gasteiger partial charge in [-0.1, -0.05) is 18.2 Å². The maximum atomic E-state index is 14.4. The summed E-state index contributed by atoms with van der Waals surface area (Å²) in [6.07, 6.45) is 3.77. The molecule has 3 heterocycles. The third kappa shape index (κ3) is 3.68. The number of nitrogens with zero attached hydrogens (tertiary/aromatic N) is 5. The van der Waals surface area contributed by atoms with E-state index in [1.165, 1.54) is 6.07 Å². The fourth-order valence-electron chi connectivity index (χ4n) is 5.48. The van der Waals surface area contributed by atoms with Crippen LogP contribution in [0, 0.1) is 6.92 Å². The summed E-state index contributed by atoms with van der Waals surface area (Å²) in [5.74, 6) is -1.58. The summed E-state index contributed by atoms with van der Waals surface area (Å²) in [4.78, 5) is 21.5. The Morgan fingerprint density at radius 1 is 1.11 bits per heavy atom. The number of rotatable bonds is 4. The van der Waals surface area contributed by atoms with Crippen LogP contribution in [0.1, 0.15) is 41.9 Å². The van der Waals surface area contributed by atoms with E-state index in [0.717, 1.165) is 38.5 Å². The summed E-state index contributed by atoms with van der Waals surface area (Å²) in [6, 6.07) is 10.2. The zero-order chi connectivity index (χ0) is 26.1. The molecule has 0 amide bonds. The van der Waals surface area contributed by atoms with Crippen LogP contribution < -0.4 is 10.9 Å². The zero-order valence-electron chi connectivity index (χ0n) is 21.0. The van der Waals surface area contributed by atoms with E-state index in [0.29, 0.717) is 23.6 Å². The molecule has 2 aromatic carbocycles. The maximum Gasteiger partial charge on any atom is 0.273 e. The highest BCUT2D eigenvalue weighted by Gasteiger charge is 2.40. The van der Waals surface area contributed by atoms with Crippen molar-refractivity contribution in [2.24, 2.45) is 14.1 Å². The summed E-state index contributed by atoms with van der Waals surface area (Å²) >= 11 is 0. The Labute approximate surface area is 211 Å². The lowest BCUT2D eigenvalue weighted by atomic mass is 9.97. The van der Waals surface area contributed by atoms with E-state index >= 15 is 0 Å². The second-order valence-electron chi connectivity index (χ2n) is 9.78. The van der Waals surface area contributed by atoms with Crippen LogP contribution in [0.15, 0.2) is 53.6 Å². The minimum absolute atomic E-state index is 0.0955. The van der Waals surface area contributed by atoms with Gasteiger partial charge in [-0.2, -0.15) is 5.10 Å². The number of fused-ring (bicyclic) bond motifs is 4. The van der Waals surface area contributed by atoms with Gasteiger partial charge in [0.25, 0.3) is 5.92 Å². The van der Waals surface area contributed by atoms with Gasteiger partial charge in [-0.05, 0) is 43.5 Å². The summed E-state index contributed by atoms with van der Waals surface area (Å²) in [7, 11) is 3.59. The van der Waals surface area contributed by atoms with E-state index in [2.05, 4.69) is 10.4 Å². The fraction of sp³-hybridized carbons (Fsp3) is 0.286. The first-order valence-corrected chi connectivity index (χ1v) is 12.2. The second kappa shape index (κ2) is 8.19. The summed E-state index contributed by atoms with van der Waals surface area (Å²) < 4.78 is 32.2. The predicted molar refractivity (Wildman–Crippen MR) is 140 cm³/mol. The van der Waals surface area contributed by atoms with Crippen molar-refractivity contribution in [2.75, 3.05) is 5.32 Å². The SMILES string of the molecule is Cc1nc(NC(C)c2cccc3c2CCC3(F)F)c2cc(-c3ccc(=O)n(C)c3)c3c(cnn3C)c2n1. The molecule has 7 nitrogen and oxygen atoms in total. The number of alkyl halides is 2. The molecule has 9 heteroatoms. The van der Waals surface area contributed by atoms with Crippen LogP contribution in [0.25, 0.3) is 32.9 Å². The average molecular weight is 501 g/mol. The molecule has 0 fully saturated rings. The second-order valence-corrected chi connectivity index (χ2v) is 9.78.